The summed E-state index contributed by atoms with van der Waals surface area (Å²) in [4.78, 5) is -0.384. The molecule has 0 aliphatic carbocycles. The standard InChI is InChI=1S/C18H22O6S2/c1-5-14-7-13(4)15(10-18(14)26(22,23)24)9-16-6-11(2)12(3)8-17(16)25(19,20)21/h6-8,10H,5,9H2,1-4H3,(H,19,20,21)(H,22,23,24). The fourth-order valence-corrected chi connectivity index (χ4v) is 4.54. The molecule has 6 nitrogen and oxygen atoms in total. The van der Waals surface area contributed by atoms with E-state index in [1.165, 1.54) is 12.1 Å². The molecule has 0 bridgehead atoms. The molecule has 0 aliphatic rings. The second-order valence-corrected chi connectivity index (χ2v) is 9.19. The average Bonchev–Trinajstić information content (AvgIpc) is 2.49. The summed E-state index contributed by atoms with van der Waals surface area (Å²) in [6.45, 7) is 7.13. The molecule has 0 unspecified atom stereocenters. The molecule has 0 amide bonds. The Labute approximate surface area is 154 Å². The number of hydrogen-bond donors (Lipinski definition) is 2. The van der Waals surface area contributed by atoms with Crippen molar-refractivity contribution in [2.45, 2.75) is 50.3 Å². The number of benzene rings is 2. The van der Waals surface area contributed by atoms with Crippen LogP contribution in [0.1, 0.15) is 40.3 Å². The van der Waals surface area contributed by atoms with E-state index in [-0.39, 0.29) is 16.2 Å². The Morgan fingerprint density at radius 2 is 1.15 bits per heavy atom. The van der Waals surface area contributed by atoms with Gasteiger partial charge in [0.05, 0.1) is 9.79 Å². The van der Waals surface area contributed by atoms with Crippen LogP contribution in [0.15, 0.2) is 34.1 Å². The summed E-state index contributed by atoms with van der Waals surface area (Å²) < 4.78 is 65.8. The predicted molar refractivity (Wildman–Crippen MR) is 98.9 cm³/mol. The van der Waals surface area contributed by atoms with Gasteiger partial charge in [0.25, 0.3) is 20.2 Å². The normalized spacial score (nSPS) is 12.4. The smallest absolute Gasteiger partial charge is 0.282 e. The van der Waals surface area contributed by atoms with Crippen LogP contribution < -0.4 is 0 Å². The molecule has 142 valence electrons. The van der Waals surface area contributed by atoms with Crippen molar-refractivity contribution < 1.29 is 25.9 Å². The van der Waals surface area contributed by atoms with Crippen LogP contribution in [0.3, 0.4) is 0 Å². The lowest BCUT2D eigenvalue weighted by molar-refractivity contribution is 0.479. The van der Waals surface area contributed by atoms with Gasteiger partial charge in [-0.3, -0.25) is 9.11 Å². The van der Waals surface area contributed by atoms with Crippen LogP contribution in [0.5, 0.6) is 0 Å². The topological polar surface area (TPSA) is 109 Å². The Morgan fingerprint density at radius 1 is 0.692 bits per heavy atom. The zero-order valence-electron chi connectivity index (χ0n) is 15.1. The Balaban J connectivity index is 2.68. The van der Waals surface area contributed by atoms with Gasteiger partial charge in [-0.2, -0.15) is 16.8 Å². The van der Waals surface area contributed by atoms with Gasteiger partial charge in [0.1, 0.15) is 0 Å². The molecule has 0 radical (unpaired) electrons. The third kappa shape index (κ3) is 4.32. The molecule has 8 heteroatoms. The molecule has 2 N–H and O–H groups in total. The summed E-state index contributed by atoms with van der Waals surface area (Å²) in [6, 6.07) is 6.11. The van der Waals surface area contributed by atoms with Crippen molar-refractivity contribution >= 4 is 20.2 Å². The molecule has 0 aliphatic heterocycles. The zero-order valence-corrected chi connectivity index (χ0v) is 16.7. The van der Waals surface area contributed by atoms with Crippen LogP contribution in [-0.4, -0.2) is 25.9 Å². The van der Waals surface area contributed by atoms with Crippen LogP contribution >= 0.6 is 0 Å². The average molecular weight is 399 g/mol. The van der Waals surface area contributed by atoms with Gasteiger partial charge >= 0.3 is 0 Å². The van der Waals surface area contributed by atoms with Crippen molar-refractivity contribution in [3.63, 3.8) is 0 Å². The van der Waals surface area contributed by atoms with Crippen molar-refractivity contribution in [1.29, 1.82) is 0 Å². The van der Waals surface area contributed by atoms with Gasteiger partial charge in [0.2, 0.25) is 0 Å². The van der Waals surface area contributed by atoms with E-state index in [0.29, 0.717) is 23.1 Å². The zero-order chi connectivity index (χ0) is 19.9. The lowest BCUT2D eigenvalue weighted by Crippen LogP contribution is -2.08. The van der Waals surface area contributed by atoms with E-state index in [9.17, 15) is 25.9 Å². The molecule has 26 heavy (non-hydrogen) atoms. The number of hydrogen-bond acceptors (Lipinski definition) is 4. The highest BCUT2D eigenvalue weighted by Crippen LogP contribution is 2.27. The second-order valence-electron chi connectivity index (χ2n) is 6.41. The van der Waals surface area contributed by atoms with Crippen LogP contribution in [0, 0.1) is 20.8 Å². The monoisotopic (exact) mass is 398 g/mol. The van der Waals surface area contributed by atoms with Gasteiger partial charge < -0.3 is 0 Å². The summed E-state index contributed by atoms with van der Waals surface area (Å²) in [5, 5.41) is 0. The summed E-state index contributed by atoms with van der Waals surface area (Å²) in [7, 11) is -8.82. The second kappa shape index (κ2) is 7.11. The van der Waals surface area contributed by atoms with Crippen molar-refractivity contribution in [1.82, 2.24) is 0 Å². The molecule has 0 saturated heterocycles. The van der Waals surface area contributed by atoms with Crippen molar-refractivity contribution in [3.8, 4) is 0 Å². The minimum atomic E-state index is -4.42. The molecule has 0 spiro atoms. The van der Waals surface area contributed by atoms with Crippen LogP contribution in [-0.2, 0) is 33.1 Å². The molecule has 0 atom stereocenters. The number of rotatable bonds is 5. The quantitative estimate of drug-likeness (QED) is 0.748. The molecule has 0 aromatic heterocycles. The third-order valence-corrected chi connectivity index (χ3v) is 6.39. The molecule has 0 fully saturated rings. The predicted octanol–water partition coefficient (Wildman–Crippen LogP) is 3.26. The number of aryl methyl sites for hydroxylation is 4. The maximum atomic E-state index is 11.7. The van der Waals surface area contributed by atoms with Crippen LogP contribution in [0.25, 0.3) is 0 Å². The van der Waals surface area contributed by atoms with Crippen molar-refractivity contribution in [2.24, 2.45) is 0 Å². The van der Waals surface area contributed by atoms with E-state index < -0.39 is 20.2 Å². The Hall–Kier alpha value is -1.74. The highest BCUT2D eigenvalue weighted by molar-refractivity contribution is 7.86. The Morgan fingerprint density at radius 3 is 1.65 bits per heavy atom. The highest BCUT2D eigenvalue weighted by Gasteiger charge is 2.20. The highest BCUT2D eigenvalue weighted by atomic mass is 32.2. The van der Waals surface area contributed by atoms with Crippen molar-refractivity contribution in [2.75, 3.05) is 0 Å². The van der Waals surface area contributed by atoms with Gasteiger partial charge in [-0.05, 0) is 79.1 Å². The largest absolute Gasteiger partial charge is 0.294 e. The molecule has 0 saturated carbocycles. The first-order chi connectivity index (χ1) is 11.8. The first kappa shape index (κ1) is 20.6. The molecular weight excluding hydrogens is 376 g/mol. The Bertz CT molecular complexity index is 1070. The van der Waals surface area contributed by atoms with Crippen molar-refractivity contribution in [3.05, 3.63) is 57.6 Å². The van der Waals surface area contributed by atoms with Gasteiger partial charge in [-0.1, -0.05) is 19.1 Å². The first-order valence-corrected chi connectivity index (χ1v) is 10.9. The molecular formula is C18H22O6S2. The van der Waals surface area contributed by atoms with E-state index in [4.69, 9.17) is 0 Å². The van der Waals surface area contributed by atoms with Gasteiger partial charge in [0.15, 0.2) is 0 Å². The summed E-state index contributed by atoms with van der Waals surface area (Å²) in [6.07, 6.45) is 0.532. The maximum absolute atomic E-state index is 11.7. The molecule has 2 rings (SSSR count). The fourth-order valence-electron chi connectivity index (χ4n) is 2.93. The Kier molecular flexibility index (Phi) is 5.63. The summed E-state index contributed by atoms with van der Waals surface area (Å²) in [5.74, 6) is 0. The molecule has 2 aromatic carbocycles. The fraction of sp³-hybridized carbons (Fsp3) is 0.333. The minimum absolute atomic E-state index is 0.106. The first-order valence-electron chi connectivity index (χ1n) is 8.02. The van der Waals surface area contributed by atoms with E-state index >= 15 is 0 Å². The molecule has 0 heterocycles. The van der Waals surface area contributed by atoms with Gasteiger partial charge in [-0.15, -0.1) is 0 Å². The van der Waals surface area contributed by atoms with Crippen LogP contribution in [0.2, 0.25) is 0 Å². The van der Waals surface area contributed by atoms with Crippen LogP contribution in [0.4, 0.5) is 0 Å². The van der Waals surface area contributed by atoms with E-state index in [1.807, 2.05) is 6.92 Å². The SMILES string of the molecule is CCc1cc(C)c(Cc2cc(C)c(C)cc2S(=O)(=O)O)cc1S(=O)(=O)O. The maximum Gasteiger partial charge on any atom is 0.294 e. The van der Waals surface area contributed by atoms with Gasteiger partial charge in [-0.25, -0.2) is 0 Å². The van der Waals surface area contributed by atoms with E-state index in [0.717, 1.165) is 16.7 Å². The van der Waals surface area contributed by atoms with E-state index in [1.54, 1.807) is 32.9 Å². The lowest BCUT2D eigenvalue weighted by Gasteiger charge is -2.15. The van der Waals surface area contributed by atoms with Gasteiger partial charge in [0, 0.05) is 0 Å². The minimum Gasteiger partial charge on any atom is -0.282 e. The summed E-state index contributed by atoms with van der Waals surface area (Å²) >= 11 is 0. The third-order valence-electron chi connectivity index (χ3n) is 4.51. The van der Waals surface area contributed by atoms with E-state index in [2.05, 4.69) is 0 Å². The molecule has 2 aromatic rings. The lowest BCUT2D eigenvalue weighted by atomic mass is 9.96. The summed E-state index contributed by atoms with van der Waals surface area (Å²) in [5.41, 5.74) is 3.76.